The zero-order valence-corrected chi connectivity index (χ0v) is 9.55. The van der Waals surface area contributed by atoms with Crippen molar-refractivity contribution in [2.75, 3.05) is 6.54 Å². The Morgan fingerprint density at radius 1 is 1.40 bits per heavy atom. The van der Waals surface area contributed by atoms with Gasteiger partial charge < -0.3 is 0 Å². The lowest BCUT2D eigenvalue weighted by Crippen LogP contribution is -2.25. The molecule has 1 rings (SSSR count). The molecule has 1 aromatic rings. The number of rotatable bonds is 5. The van der Waals surface area contributed by atoms with E-state index in [1.54, 1.807) is 0 Å². The van der Waals surface area contributed by atoms with Crippen LogP contribution in [0.25, 0.3) is 0 Å². The summed E-state index contributed by atoms with van der Waals surface area (Å²) >= 11 is 0. The van der Waals surface area contributed by atoms with E-state index in [4.69, 9.17) is 0 Å². The number of hydrogen-bond donors (Lipinski definition) is 1. The summed E-state index contributed by atoms with van der Waals surface area (Å²) in [6.07, 6.45) is 1.52. The van der Waals surface area contributed by atoms with Crippen LogP contribution in [0.3, 0.4) is 0 Å². The molecular formula is C11H15NO2S. The fourth-order valence-corrected chi connectivity index (χ4v) is 2.42. The van der Waals surface area contributed by atoms with Crippen LogP contribution in [0, 0.1) is 6.92 Å². The molecular weight excluding hydrogens is 210 g/mol. The molecule has 0 saturated heterocycles. The van der Waals surface area contributed by atoms with E-state index in [1.165, 1.54) is 6.08 Å². The van der Waals surface area contributed by atoms with E-state index in [1.807, 2.05) is 31.2 Å². The Balaban J connectivity index is 2.78. The van der Waals surface area contributed by atoms with Crippen LogP contribution in [0.15, 0.2) is 36.9 Å². The van der Waals surface area contributed by atoms with Crippen LogP contribution >= 0.6 is 0 Å². The molecule has 1 aromatic carbocycles. The van der Waals surface area contributed by atoms with Gasteiger partial charge in [-0.3, -0.25) is 0 Å². The second-order valence-corrected chi connectivity index (χ2v) is 5.13. The van der Waals surface area contributed by atoms with Crippen LogP contribution in [0.2, 0.25) is 0 Å². The summed E-state index contributed by atoms with van der Waals surface area (Å²) in [5.41, 5.74) is 1.82. The summed E-state index contributed by atoms with van der Waals surface area (Å²) in [7, 11) is -3.24. The summed E-state index contributed by atoms with van der Waals surface area (Å²) in [6, 6.07) is 7.45. The molecule has 0 radical (unpaired) electrons. The maximum absolute atomic E-state index is 11.6. The van der Waals surface area contributed by atoms with E-state index in [0.717, 1.165) is 11.1 Å². The van der Waals surface area contributed by atoms with Gasteiger partial charge >= 0.3 is 0 Å². The lowest BCUT2D eigenvalue weighted by Gasteiger charge is -2.06. The van der Waals surface area contributed by atoms with Crippen molar-refractivity contribution in [2.45, 2.75) is 12.7 Å². The number of benzene rings is 1. The second kappa shape index (κ2) is 5.09. The quantitative estimate of drug-likeness (QED) is 0.774. The average molecular weight is 225 g/mol. The first kappa shape index (κ1) is 11.9. The van der Waals surface area contributed by atoms with Gasteiger partial charge in [-0.1, -0.05) is 30.3 Å². The van der Waals surface area contributed by atoms with Crippen LogP contribution in [0.4, 0.5) is 0 Å². The number of sulfonamides is 1. The van der Waals surface area contributed by atoms with Crippen molar-refractivity contribution >= 4 is 10.0 Å². The molecule has 3 nitrogen and oxygen atoms in total. The van der Waals surface area contributed by atoms with Gasteiger partial charge in [-0.15, -0.1) is 6.58 Å². The van der Waals surface area contributed by atoms with Gasteiger partial charge in [-0.2, -0.15) is 0 Å². The van der Waals surface area contributed by atoms with Crippen molar-refractivity contribution in [3.8, 4) is 0 Å². The van der Waals surface area contributed by atoms with Gasteiger partial charge in [0, 0.05) is 6.54 Å². The number of aryl methyl sites for hydroxylation is 1. The molecule has 0 aliphatic carbocycles. The van der Waals surface area contributed by atoms with Gasteiger partial charge in [-0.25, -0.2) is 13.1 Å². The highest BCUT2D eigenvalue weighted by molar-refractivity contribution is 7.88. The summed E-state index contributed by atoms with van der Waals surface area (Å²) in [6.45, 7) is 5.63. The summed E-state index contributed by atoms with van der Waals surface area (Å²) in [5, 5.41) is 0. The fourth-order valence-electron chi connectivity index (χ4n) is 1.21. The molecule has 82 valence electrons. The molecule has 0 fully saturated rings. The zero-order chi connectivity index (χ0) is 11.3. The molecule has 0 bridgehead atoms. The third-order valence-electron chi connectivity index (χ3n) is 2.05. The van der Waals surface area contributed by atoms with Gasteiger partial charge in [0.05, 0.1) is 5.75 Å². The topological polar surface area (TPSA) is 46.2 Å². The van der Waals surface area contributed by atoms with E-state index in [-0.39, 0.29) is 12.3 Å². The largest absolute Gasteiger partial charge is 0.216 e. The van der Waals surface area contributed by atoms with Crippen LogP contribution in [-0.4, -0.2) is 15.0 Å². The third-order valence-corrected chi connectivity index (χ3v) is 3.35. The van der Waals surface area contributed by atoms with Crippen molar-refractivity contribution in [1.82, 2.24) is 4.72 Å². The van der Waals surface area contributed by atoms with Crippen molar-refractivity contribution in [3.63, 3.8) is 0 Å². The second-order valence-electron chi connectivity index (χ2n) is 3.32. The molecule has 0 amide bonds. The molecule has 0 unspecified atom stereocenters. The Morgan fingerprint density at radius 2 is 2.07 bits per heavy atom. The predicted octanol–water partition coefficient (Wildman–Crippen LogP) is 1.60. The molecule has 0 aliphatic rings. The average Bonchev–Trinajstić information content (AvgIpc) is 2.18. The van der Waals surface area contributed by atoms with Gasteiger partial charge in [-0.05, 0) is 18.1 Å². The zero-order valence-electron chi connectivity index (χ0n) is 8.73. The highest BCUT2D eigenvalue weighted by Crippen LogP contribution is 2.10. The molecule has 0 spiro atoms. The van der Waals surface area contributed by atoms with Gasteiger partial charge in [0.1, 0.15) is 0 Å². The van der Waals surface area contributed by atoms with E-state index in [9.17, 15) is 8.42 Å². The van der Waals surface area contributed by atoms with Crippen molar-refractivity contribution in [1.29, 1.82) is 0 Å². The molecule has 0 heterocycles. The predicted molar refractivity (Wildman–Crippen MR) is 62.0 cm³/mol. The minimum absolute atomic E-state index is 0.0213. The smallest absolute Gasteiger partial charge is 0.212 e. The summed E-state index contributed by atoms with van der Waals surface area (Å²) in [5.74, 6) is 0.0213. The van der Waals surface area contributed by atoms with Crippen LogP contribution in [0.5, 0.6) is 0 Å². The van der Waals surface area contributed by atoms with Crippen LogP contribution in [-0.2, 0) is 15.8 Å². The molecule has 4 heteroatoms. The standard InChI is InChI=1S/C11H15NO2S/c1-3-8-12-15(13,14)9-11-7-5-4-6-10(11)2/h3-7,12H,1,8-9H2,2H3. The molecule has 0 atom stereocenters. The molecule has 0 saturated carbocycles. The van der Waals surface area contributed by atoms with Crippen molar-refractivity contribution in [2.24, 2.45) is 0 Å². The monoisotopic (exact) mass is 225 g/mol. The molecule has 0 aromatic heterocycles. The van der Waals surface area contributed by atoms with Gasteiger partial charge in [0.15, 0.2) is 0 Å². The first-order valence-corrected chi connectivity index (χ1v) is 6.33. The molecule has 15 heavy (non-hydrogen) atoms. The Labute approximate surface area is 90.9 Å². The first-order chi connectivity index (χ1) is 7.05. The Bertz CT molecular complexity index is 438. The lowest BCUT2D eigenvalue weighted by molar-refractivity contribution is 0.584. The maximum atomic E-state index is 11.6. The minimum Gasteiger partial charge on any atom is -0.212 e. The lowest BCUT2D eigenvalue weighted by atomic mass is 10.1. The molecule has 1 N–H and O–H groups in total. The van der Waals surface area contributed by atoms with Crippen molar-refractivity contribution < 1.29 is 8.42 Å². The third kappa shape index (κ3) is 3.85. The highest BCUT2D eigenvalue weighted by atomic mass is 32.2. The summed E-state index contributed by atoms with van der Waals surface area (Å²) in [4.78, 5) is 0. The van der Waals surface area contributed by atoms with Crippen LogP contribution < -0.4 is 4.72 Å². The first-order valence-electron chi connectivity index (χ1n) is 4.68. The Hall–Kier alpha value is -1.13. The fraction of sp³-hybridized carbons (Fsp3) is 0.273. The highest BCUT2D eigenvalue weighted by Gasteiger charge is 2.10. The Kier molecular flexibility index (Phi) is 4.05. The maximum Gasteiger partial charge on any atom is 0.216 e. The van der Waals surface area contributed by atoms with Crippen molar-refractivity contribution in [3.05, 3.63) is 48.0 Å². The number of hydrogen-bond acceptors (Lipinski definition) is 2. The van der Waals surface area contributed by atoms with E-state index in [2.05, 4.69) is 11.3 Å². The van der Waals surface area contributed by atoms with Crippen LogP contribution in [0.1, 0.15) is 11.1 Å². The Morgan fingerprint density at radius 3 is 2.67 bits per heavy atom. The summed E-state index contributed by atoms with van der Waals surface area (Å²) < 4.78 is 25.5. The van der Waals surface area contributed by atoms with E-state index in [0.29, 0.717) is 0 Å². The SMILES string of the molecule is C=CCNS(=O)(=O)Cc1ccccc1C. The minimum atomic E-state index is -3.24. The van der Waals surface area contributed by atoms with E-state index >= 15 is 0 Å². The van der Waals surface area contributed by atoms with E-state index < -0.39 is 10.0 Å². The molecule has 0 aliphatic heterocycles. The normalized spacial score (nSPS) is 11.3. The van der Waals surface area contributed by atoms with Gasteiger partial charge in [0.2, 0.25) is 10.0 Å². The van der Waals surface area contributed by atoms with Gasteiger partial charge in [0.25, 0.3) is 0 Å². The number of nitrogens with one attached hydrogen (secondary N) is 1.